The molecule has 0 heterocycles. The maximum atomic E-state index is 11.6. The number of allylic oxidation sites excluding steroid dienone is 1. The van der Waals surface area contributed by atoms with Gasteiger partial charge in [0.05, 0.1) is 6.21 Å². The van der Waals surface area contributed by atoms with Crippen molar-refractivity contribution in [3.8, 4) is 0 Å². The second-order valence-electron chi connectivity index (χ2n) is 4.13. The Bertz CT molecular complexity index is 639. The summed E-state index contributed by atoms with van der Waals surface area (Å²) in [4.78, 5) is 11.6. The summed E-state index contributed by atoms with van der Waals surface area (Å²) >= 11 is 3.37. The average Bonchev–Trinajstić information content (AvgIpc) is 2.49. The zero-order valence-electron chi connectivity index (χ0n) is 11.2. The third-order valence-corrected chi connectivity index (χ3v) is 2.92. The first-order valence-electron chi connectivity index (χ1n) is 6.31. The molecular formula is C16H14BrN3O. The molecule has 0 aliphatic carbocycles. The molecule has 106 valence electrons. The van der Waals surface area contributed by atoms with Crippen LogP contribution in [0, 0.1) is 0 Å². The van der Waals surface area contributed by atoms with Crippen LogP contribution in [-0.2, 0) is 0 Å². The van der Waals surface area contributed by atoms with Gasteiger partial charge < -0.3 is 5.32 Å². The van der Waals surface area contributed by atoms with E-state index in [0.717, 1.165) is 10.0 Å². The van der Waals surface area contributed by atoms with Crippen molar-refractivity contribution in [1.29, 1.82) is 0 Å². The highest BCUT2D eigenvalue weighted by molar-refractivity contribution is 9.12. The highest BCUT2D eigenvalue weighted by Crippen LogP contribution is 2.09. The first-order valence-corrected chi connectivity index (χ1v) is 7.11. The number of para-hydroxylation sites is 1. The highest BCUT2D eigenvalue weighted by atomic mass is 79.9. The van der Waals surface area contributed by atoms with Crippen LogP contribution >= 0.6 is 15.9 Å². The Balaban J connectivity index is 1.84. The molecule has 0 aliphatic rings. The number of amides is 2. The Morgan fingerprint density at radius 1 is 1.00 bits per heavy atom. The van der Waals surface area contributed by atoms with E-state index in [4.69, 9.17) is 0 Å². The van der Waals surface area contributed by atoms with E-state index in [0.29, 0.717) is 5.69 Å². The minimum atomic E-state index is -0.391. The topological polar surface area (TPSA) is 53.5 Å². The van der Waals surface area contributed by atoms with Crippen LogP contribution in [0.5, 0.6) is 0 Å². The number of hydrazone groups is 1. The maximum Gasteiger partial charge on any atom is 0.339 e. The van der Waals surface area contributed by atoms with Crippen LogP contribution in [0.4, 0.5) is 10.5 Å². The summed E-state index contributed by atoms with van der Waals surface area (Å²) in [6, 6.07) is 18.6. The van der Waals surface area contributed by atoms with E-state index in [9.17, 15) is 4.79 Å². The molecule has 2 aromatic rings. The zero-order valence-corrected chi connectivity index (χ0v) is 12.7. The number of carbonyl (C=O) groups is 1. The fraction of sp³-hybridized carbons (Fsp3) is 0. The number of hydrogen-bond donors (Lipinski definition) is 2. The van der Waals surface area contributed by atoms with Gasteiger partial charge in [0.1, 0.15) is 0 Å². The summed E-state index contributed by atoms with van der Waals surface area (Å²) in [6.45, 7) is 0. The predicted octanol–water partition coefficient (Wildman–Crippen LogP) is 4.23. The molecule has 2 aromatic carbocycles. The first-order chi connectivity index (χ1) is 10.2. The van der Waals surface area contributed by atoms with Crippen molar-refractivity contribution in [1.82, 2.24) is 5.43 Å². The van der Waals surface area contributed by atoms with Gasteiger partial charge in [0.2, 0.25) is 0 Å². The molecule has 0 fully saturated rings. The van der Waals surface area contributed by atoms with Gasteiger partial charge in [-0.15, -0.1) is 0 Å². The molecular weight excluding hydrogens is 330 g/mol. The van der Waals surface area contributed by atoms with Crippen LogP contribution in [0.15, 0.2) is 70.2 Å². The Morgan fingerprint density at radius 3 is 2.29 bits per heavy atom. The van der Waals surface area contributed by atoms with Crippen molar-refractivity contribution in [2.75, 3.05) is 5.32 Å². The monoisotopic (exact) mass is 343 g/mol. The number of nitrogens with one attached hydrogen (secondary N) is 2. The van der Waals surface area contributed by atoms with Gasteiger partial charge in [0, 0.05) is 10.2 Å². The van der Waals surface area contributed by atoms with Crippen LogP contribution in [0.2, 0.25) is 0 Å². The van der Waals surface area contributed by atoms with Crippen LogP contribution < -0.4 is 10.7 Å². The van der Waals surface area contributed by atoms with Crippen molar-refractivity contribution < 1.29 is 4.79 Å². The van der Waals surface area contributed by atoms with Crippen molar-refractivity contribution in [3.05, 3.63) is 70.7 Å². The molecule has 0 saturated heterocycles. The van der Waals surface area contributed by atoms with Crippen LogP contribution in [0.25, 0.3) is 6.08 Å². The molecule has 21 heavy (non-hydrogen) atoms. The predicted molar refractivity (Wildman–Crippen MR) is 90.4 cm³/mol. The summed E-state index contributed by atoms with van der Waals surface area (Å²) < 4.78 is 0.758. The van der Waals surface area contributed by atoms with Gasteiger partial charge in [-0.2, -0.15) is 5.10 Å². The molecule has 4 nitrogen and oxygen atoms in total. The molecule has 0 saturated carbocycles. The molecule has 0 spiro atoms. The molecule has 5 heteroatoms. The van der Waals surface area contributed by atoms with Gasteiger partial charge in [0.25, 0.3) is 0 Å². The van der Waals surface area contributed by atoms with E-state index in [1.165, 1.54) is 6.21 Å². The lowest BCUT2D eigenvalue weighted by Crippen LogP contribution is -2.24. The highest BCUT2D eigenvalue weighted by Gasteiger charge is 1.98. The van der Waals surface area contributed by atoms with Gasteiger partial charge in [-0.05, 0) is 39.7 Å². The Hall–Kier alpha value is -2.40. The van der Waals surface area contributed by atoms with Crippen molar-refractivity contribution in [2.45, 2.75) is 0 Å². The number of nitrogens with zero attached hydrogens (tertiary/aromatic N) is 1. The molecule has 0 bridgehead atoms. The van der Waals surface area contributed by atoms with E-state index in [2.05, 4.69) is 31.8 Å². The van der Waals surface area contributed by atoms with Crippen LogP contribution in [-0.4, -0.2) is 12.2 Å². The maximum absolute atomic E-state index is 11.6. The molecule has 0 aliphatic heterocycles. The van der Waals surface area contributed by atoms with E-state index in [1.54, 1.807) is 12.1 Å². The molecule has 0 atom stereocenters. The lowest BCUT2D eigenvalue weighted by atomic mass is 10.2. The third-order valence-electron chi connectivity index (χ3n) is 2.49. The first kappa shape index (κ1) is 15.0. The number of anilines is 1. The third kappa shape index (κ3) is 5.62. The van der Waals surface area contributed by atoms with Crippen LogP contribution in [0.3, 0.4) is 0 Å². The standard InChI is InChI=1S/C16H14BrN3O/c17-14(11-13-7-3-1-4-8-13)12-18-20-16(21)19-15-9-5-2-6-10-15/h1-12H,(H2,19,20,21)/b14-11-,18-12+. The number of halogens is 1. The molecule has 0 unspecified atom stereocenters. The lowest BCUT2D eigenvalue weighted by molar-refractivity contribution is 0.252. The van der Waals surface area contributed by atoms with E-state index < -0.39 is 6.03 Å². The number of rotatable bonds is 4. The molecule has 2 rings (SSSR count). The molecule has 0 aromatic heterocycles. The fourth-order valence-corrected chi connectivity index (χ4v) is 1.95. The summed E-state index contributed by atoms with van der Waals surface area (Å²) in [5.74, 6) is 0. The number of hydrogen-bond acceptors (Lipinski definition) is 2. The summed E-state index contributed by atoms with van der Waals surface area (Å²) in [7, 11) is 0. The second-order valence-corrected chi connectivity index (χ2v) is 5.05. The van der Waals surface area contributed by atoms with E-state index >= 15 is 0 Å². The largest absolute Gasteiger partial charge is 0.339 e. The van der Waals surface area contributed by atoms with E-state index in [1.807, 2.05) is 54.6 Å². The summed E-state index contributed by atoms with van der Waals surface area (Å²) in [6.07, 6.45) is 3.43. The zero-order chi connectivity index (χ0) is 14.9. The summed E-state index contributed by atoms with van der Waals surface area (Å²) in [5.41, 5.74) is 4.15. The Labute approximate surface area is 131 Å². The summed E-state index contributed by atoms with van der Waals surface area (Å²) in [5, 5.41) is 6.53. The molecule has 2 amide bonds. The quantitative estimate of drug-likeness (QED) is 0.633. The number of carbonyl (C=O) groups excluding carboxylic acids is 1. The van der Waals surface area contributed by atoms with Gasteiger partial charge in [-0.1, -0.05) is 48.5 Å². The van der Waals surface area contributed by atoms with Gasteiger partial charge in [0.15, 0.2) is 0 Å². The molecule has 0 radical (unpaired) electrons. The molecule has 2 N–H and O–H groups in total. The van der Waals surface area contributed by atoms with Gasteiger partial charge >= 0.3 is 6.03 Å². The van der Waals surface area contributed by atoms with Crippen LogP contribution in [0.1, 0.15) is 5.56 Å². The minimum absolute atomic E-state index is 0.391. The van der Waals surface area contributed by atoms with Crippen molar-refractivity contribution in [3.63, 3.8) is 0 Å². The van der Waals surface area contributed by atoms with Crippen molar-refractivity contribution >= 4 is 39.9 Å². The van der Waals surface area contributed by atoms with Gasteiger partial charge in [-0.25, -0.2) is 10.2 Å². The SMILES string of the molecule is O=C(N/N=C/C(Br)=C/c1ccccc1)Nc1ccccc1. The van der Waals surface area contributed by atoms with Gasteiger partial charge in [-0.3, -0.25) is 0 Å². The second kappa shape index (κ2) is 8.01. The fourth-order valence-electron chi connectivity index (χ4n) is 1.58. The smallest absolute Gasteiger partial charge is 0.307 e. The Morgan fingerprint density at radius 2 is 1.62 bits per heavy atom. The lowest BCUT2D eigenvalue weighted by Gasteiger charge is -2.02. The average molecular weight is 344 g/mol. The normalized spacial score (nSPS) is 11.4. The number of urea groups is 1. The van der Waals surface area contributed by atoms with E-state index in [-0.39, 0.29) is 0 Å². The number of benzene rings is 2. The Kier molecular flexibility index (Phi) is 5.72. The van der Waals surface area contributed by atoms with Crippen molar-refractivity contribution in [2.24, 2.45) is 5.10 Å². The minimum Gasteiger partial charge on any atom is -0.307 e.